The van der Waals surface area contributed by atoms with E-state index in [-0.39, 0.29) is 36.5 Å². The Labute approximate surface area is 228 Å². The molecular weight excluding hydrogens is 512 g/mol. The number of carbonyl (C=O) groups excluding carboxylic acids is 2. The van der Waals surface area contributed by atoms with Crippen LogP contribution in [0, 0.1) is 5.92 Å². The summed E-state index contributed by atoms with van der Waals surface area (Å²) in [5.41, 5.74) is 1.61. The SMILES string of the molecule is C[C@@H]1[C@@H]([Si](C)(C)O)[C@H](CCO)O[C@@]12C(=O)N(c1ccccc1)c1ccc(N3C(=O)COc4ccccc43)cc12. The summed E-state index contributed by atoms with van der Waals surface area (Å²) in [6, 6.07) is 22.4. The summed E-state index contributed by atoms with van der Waals surface area (Å²) in [7, 11) is -2.83. The van der Waals surface area contributed by atoms with Crippen molar-refractivity contribution in [3.63, 3.8) is 0 Å². The number of amides is 2. The zero-order valence-corrected chi connectivity index (χ0v) is 23.2. The molecule has 0 bridgehead atoms. The van der Waals surface area contributed by atoms with Gasteiger partial charge >= 0.3 is 0 Å². The van der Waals surface area contributed by atoms with Crippen LogP contribution in [0.2, 0.25) is 18.6 Å². The van der Waals surface area contributed by atoms with E-state index in [1.54, 1.807) is 9.80 Å². The zero-order chi connectivity index (χ0) is 27.5. The van der Waals surface area contributed by atoms with E-state index in [2.05, 4.69) is 0 Å². The molecule has 2 amide bonds. The van der Waals surface area contributed by atoms with Crippen LogP contribution in [0.4, 0.5) is 22.7 Å². The van der Waals surface area contributed by atoms with Gasteiger partial charge in [-0.2, -0.15) is 0 Å². The molecule has 8 nitrogen and oxygen atoms in total. The molecule has 3 aromatic carbocycles. The molecule has 2 N–H and O–H groups in total. The van der Waals surface area contributed by atoms with Crippen molar-refractivity contribution in [3.05, 3.63) is 78.4 Å². The third-order valence-corrected chi connectivity index (χ3v) is 10.8. The molecule has 0 aromatic heterocycles. The topological polar surface area (TPSA) is 99.5 Å². The summed E-state index contributed by atoms with van der Waals surface area (Å²) in [6.07, 6.45) is -0.171. The number of hydrogen-bond acceptors (Lipinski definition) is 6. The first kappa shape index (κ1) is 25.8. The van der Waals surface area contributed by atoms with Crippen molar-refractivity contribution in [1.29, 1.82) is 0 Å². The van der Waals surface area contributed by atoms with Gasteiger partial charge < -0.3 is 19.4 Å². The average Bonchev–Trinajstić information content (AvgIpc) is 3.35. The number of benzene rings is 3. The van der Waals surface area contributed by atoms with E-state index in [0.29, 0.717) is 40.5 Å². The van der Waals surface area contributed by atoms with Crippen LogP contribution >= 0.6 is 0 Å². The van der Waals surface area contributed by atoms with E-state index in [1.807, 2.05) is 92.8 Å². The number of nitrogens with zero attached hydrogens (tertiary/aromatic N) is 2. The fraction of sp³-hybridized carbons (Fsp3) is 0.333. The summed E-state index contributed by atoms with van der Waals surface area (Å²) < 4.78 is 12.4. The van der Waals surface area contributed by atoms with Gasteiger partial charge in [0.15, 0.2) is 20.5 Å². The highest BCUT2D eigenvalue weighted by Gasteiger charge is 2.66. The van der Waals surface area contributed by atoms with Gasteiger partial charge in [-0.05, 0) is 62.0 Å². The standard InChI is InChI=1S/C30H32N2O6Si/c1-19-28(39(2,3)36)26(15-16-33)38-30(19)22-17-21(31-24-11-7-8-12-25(24)37-18-27(31)34)13-14-23(22)32(29(30)35)20-9-5-4-6-10-20/h4-14,17,19,26,28,33,36H,15-16,18H2,1-3H3/t19-,26+,28-,30+/m1/s1. The van der Waals surface area contributed by atoms with Gasteiger partial charge in [-0.3, -0.25) is 19.4 Å². The highest BCUT2D eigenvalue weighted by molar-refractivity contribution is 6.71. The van der Waals surface area contributed by atoms with Crippen molar-refractivity contribution in [2.24, 2.45) is 5.92 Å². The van der Waals surface area contributed by atoms with E-state index in [1.165, 1.54) is 0 Å². The quantitative estimate of drug-likeness (QED) is 0.456. The van der Waals surface area contributed by atoms with Crippen molar-refractivity contribution >= 4 is 42.9 Å². The van der Waals surface area contributed by atoms with E-state index in [9.17, 15) is 19.5 Å². The van der Waals surface area contributed by atoms with Gasteiger partial charge in [0.05, 0.1) is 17.5 Å². The molecule has 39 heavy (non-hydrogen) atoms. The van der Waals surface area contributed by atoms with Crippen molar-refractivity contribution in [2.45, 2.75) is 43.7 Å². The molecule has 1 spiro atoms. The normalized spacial score (nSPS) is 26.1. The molecule has 3 aliphatic rings. The number of aliphatic hydroxyl groups is 1. The summed E-state index contributed by atoms with van der Waals surface area (Å²) in [5.74, 6) is -0.211. The van der Waals surface area contributed by atoms with Crippen LogP contribution in [-0.4, -0.2) is 49.4 Å². The molecule has 3 aromatic rings. The Morgan fingerprint density at radius 1 is 0.949 bits per heavy atom. The minimum absolute atomic E-state index is 0.0911. The van der Waals surface area contributed by atoms with E-state index >= 15 is 0 Å². The molecule has 0 unspecified atom stereocenters. The Balaban J connectivity index is 1.56. The van der Waals surface area contributed by atoms with Crippen LogP contribution in [0.25, 0.3) is 0 Å². The Morgan fingerprint density at radius 2 is 1.67 bits per heavy atom. The number of aliphatic hydroxyl groups excluding tert-OH is 1. The molecule has 9 heteroatoms. The highest BCUT2D eigenvalue weighted by atomic mass is 28.4. The van der Waals surface area contributed by atoms with Gasteiger partial charge in [0.1, 0.15) is 5.75 Å². The lowest BCUT2D eigenvalue weighted by Gasteiger charge is -2.33. The molecule has 0 saturated carbocycles. The first-order valence-electron chi connectivity index (χ1n) is 13.3. The number of para-hydroxylation sites is 3. The predicted octanol–water partition coefficient (Wildman–Crippen LogP) is 4.60. The molecule has 6 rings (SSSR count). The number of ether oxygens (including phenoxy) is 2. The van der Waals surface area contributed by atoms with Gasteiger partial charge in [0.2, 0.25) is 0 Å². The minimum atomic E-state index is -2.83. The smallest absolute Gasteiger partial charge is 0.269 e. The molecule has 4 atom stereocenters. The van der Waals surface area contributed by atoms with Crippen LogP contribution in [-0.2, 0) is 19.9 Å². The van der Waals surface area contributed by atoms with E-state index in [4.69, 9.17) is 9.47 Å². The fourth-order valence-corrected chi connectivity index (χ4v) is 9.35. The number of fused-ring (bicyclic) bond motifs is 3. The number of carbonyl (C=O) groups is 2. The molecule has 0 aliphatic carbocycles. The van der Waals surface area contributed by atoms with Crippen molar-refractivity contribution in [3.8, 4) is 5.75 Å². The lowest BCUT2D eigenvalue weighted by molar-refractivity contribution is -0.145. The monoisotopic (exact) mass is 544 g/mol. The van der Waals surface area contributed by atoms with Crippen molar-refractivity contribution in [2.75, 3.05) is 23.0 Å². The Bertz CT molecular complexity index is 1440. The first-order valence-corrected chi connectivity index (χ1v) is 16.3. The summed E-state index contributed by atoms with van der Waals surface area (Å²) >= 11 is 0. The van der Waals surface area contributed by atoms with Gasteiger partial charge in [-0.1, -0.05) is 37.3 Å². The molecule has 0 radical (unpaired) electrons. The molecule has 3 aliphatic heterocycles. The summed E-state index contributed by atoms with van der Waals surface area (Å²) in [6.45, 7) is 5.47. The Hall–Kier alpha value is -3.50. The number of rotatable bonds is 5. The molecule has 1 fully saturated rings. The molecular formula is C30H32N2O6Si. The molecule has 1 saturated heterocycles. The van der Waals surface area contributed by atoms with Gasteiger partial charge in [-0.15, -0.1) is 0 Å². The van der Waals surface area contributed by atoms with Crippen LogP contribution in [0.1, 0.15) is 18.9 Å². The summed E-state index contributed by atoms with van der Waals surface area (Å²) in [4.78, 5) is 42.3. The second-order valence-electron chi connectivity index (χ2n) is 11.0. The van der Waals surface area contributed by atoms with Crippen LogP contribution < -0.4 is 14.5 Å². The lowest BCUT2D eigenvalue weighted by Crippen LogP contribution is -2.45. The Morgan fingerprint density at radius 3 is 2.38 bits per heavy atom. The minimum Gasteiger partial charge on any atom is -0.482 e. The average molecular weight is 545 g/mol. The predicted molar refractivity (Wildman–Crippen MR) is 150 cm³/mol. The lowest BCUT2D eigenvalue weighted by atomic mass is 9.82. The maximum Gasteiger partial charge on any atom is 0.269 e. The van der Waals surface area contributed by atoms with Crippen LogP contribution in [0.15, 0.2) is 72.8 Å². The first-order chi connectivity index (χ1) is 18.7. The Kier molecular flexibility index (Phi) is 6.15. The molecule has 202 valence electrons. The fourth-order valence-electron chi connectivity index (χ4n) is 6.75. The maximum atomic E-state index is 14.5. The summed E-state index contributed by atoms with van der Waals surface area (Å²) in [5, 5.41) is 9.86. The van der Waals surface area contributed by atoms with Crippen molar-refractivity contribution < 1.29 is 29.0 Å². The number of hydrogen-bond donors (Lipinski definition) is 2. The third kappa shape index (κ3) is 3.83. The molecule has 3 heterocycles. The van der Waals surface area contributed by atoms with E-state index < -0.39 is 20.0 Å². The van der Waals surface area contributed by atoms with Gasteiger partial charge in [0.25, 0.3) is 11.8 Å². The second kappa shape index (κ2) is 9.30. The third-order valence-electron chi connectivity index (χ3n) is 8.27. The van der Waals surface area contributed by atoms with E-state index in [0.717, 1.165) is 0 Å². The van der Waals surface area contributed by atoms with Gasteiger partial charge in [0, 0.05) is 35.0 Å². The maximum absolute atomic E-state index is 14.5. The second-order valence-corrected chi connectivity index (χ2v) is 15.0. The van der Waals surface area contributed by atoms with Crippen molar-refractivity contribution in [1.82, 2.24) is 0 Å². The van der Waals surface area contributed by atoms with Gasteiger partial charge in [-0.25, -0.2) is 0 Å². The highest BCUT2D eigenvalue weighted by Crippen LogP contribution is 2.61. The zero-order valence-electron chi connectivity index (χ0n) is 22.2. The van der Waals surface area contributed by atoms with Crippen LogP contribution in [0.3, 0.4) is 0 Å². The largest absolute Gasteiger partial charge is 0.482 e. The number of anilines is 4. The van der Waals surface area contributed by atoms with Crippen LogP contribution in [0.5, 0.6) is 5.75 Å².